The number of benzene rings is 2. The number of hydrogen-bond acceptors (Lipinski definition) is 3. The van der Waals surface area contributed by atoms with Crippen LogP contribution in [0.25, 0.3) is 0 Å². The monoisotopic (exact) mass is 268 g/mol. The zero-order valence-electron chi connectivity index (χ0n) is 11.3. The molecule has 2 aromatic carbocycles. The number of rotatable bonds is 5. The van der Waals surface area contributed by atoms with Crippen LogP contribution in [0.5, 0.6) is 5.75 Å². The zero-order chi connectivity index (χ0) is 14.4. The summed E-state index contributed by atoms with van der Waals surface area (Å²) < 4.78 is 5.07. The smallest absolute Gasteiger partial charge is 0.318 e. The highest BCUT2D eigenvalue weighted by atomic mass is 16.5. The fourth-order valence-electron chi connectivity index (χ4n) is 1.88. The molecule has 3 nitrogen and oxygen atoms in total. The minimum Gasteiger partial charge on any atom is -0.426 e. The van der Waals surface area contributed by atoms with Crippen LogP contribution < -0.4 is 4.74 Å². The van der Waals surface area contributed by atoms with Gasteiger partial charge in [0.05, 0.1) is 0 Å². The molecule has 0 aliphatic rings. The molecule has 0 saturated heterocycles. The van der Waals surface area contributed by atoms with Crippen molar-refractivity contribution in [2.45, 2.75) is 19.8 Å². The van der Waals surface area contributed by atoms with Gasteiger partial charge in [-0.2, -0.15) is 0 Å². The van der Waals surface area contributed by atoms with Crippen LogP contribution in [0.15, 0.2) is 54.6 Å². The van der Waals surface area contributed by atoms with E-state index in [1.165, 1.54) is 12.5 Å². The Morgan fingerprint density at radius 1 is 0.900 bits per heavy atom. The van der Waals surface area contributed by atoms with Gasteiger partial charge in [0, 0.05) is 0 Å². The van der Waals surface area contributed by atoms with Crippen molar-refractivity contribution in [2.24, 2.45) is 0 Å². The first-order valence-electron chi connectivity index (χ1n) is 6.46. The maximum atomic E-state index is 11.4. The molecule has 0 aliphatic heterocycles. The van der Waals surface area contributed by atoms with E-state index in [0.717, 1.165) is 12.0 Å². The third-order valence-corrected chi connectivity index (χ3v) is 2.80. The minimum atomic E-state index is -0.520. The van der Waals surface area contributed by atoms with E-state index in [1.54, 1.807) is 12.1 Å². The summed E-state index contributed by atoms with van der Waals surface area (Å²) in [5, 5.41) is 0. The number of Topliss-reactive ketones (excluding diaryl/α,β-unsaturated/α-hetero) is 1. The average Bonchev–Trinajstić information content (AvgIpc) is 2.41. The summed E-state index contributed by atoms with van der Waals surface area (Å²) in [6.07, 6.45) is 0.647. The molecule has 3 heteroatoms. The quantitative estimate of drug-likeness (QED) is 0.475. The Labute approximate surface area is 118 Å². The number of ketones is 1. The molecule has 2 aromatic rings. The zero-order valence-corrected chi connectivity index (χ0v) is 11.3. The van der Waals surface area contributed by atoms with Crippen molar-refractivity contribution in [3.8, 4) is 5.75 Å². The van der Waals surface area contributed by atoms with Crippen LogP contribution in [-0.2, 0) is 16.0 Å². The lowest BCUT2D eigenvalue weighted by molar-refractivity contribution is -0.137. The molecule has 0 atom stereocenters. The maximum absolute atomic E-state index is 11.4. The first-order valence-corrected chi connectivity index (χ1v) is 6.46. The summed E-state index contributed by atoms with van der Waals surface area (Å²) in [5.41, 5.74) is 2.37. The molecule has 0 heterocycles. The van der Waals surface area contributed by atoms with Crippen LogP contribution in [0.4, 0.5) is 0 Å². The first-order chi connectivity index (χ1) is 9.63. The Morgan fingerprint density at radius 3 is 2.10 bits per heavy atom. The molecule has 0 fully saturated rings. The van der Waals surface area contributed by atoms with E-state index < -0.39 is 5.97 Å². The number of hydrogen-bond donors (Lipinski definition) is 0. The number of esters is 1. The lowest BCUT2D eigenvalue weighted by atomic mass is 10.1. The molecule has 0 radical (unpaired) electrons. The molecule has 0 bridgehead atoms. The third kappa shape index (κ3) is 4.35. The van der Waals surface area contributed by atoms with Crippen LogP contribution in [0, 0.1) is 0 Å². The van der Waals surface area contributed by atoms with E-state index in [9.17, 15) is 9.59 Å². The number of carbonyl (C=O) groups is 2. The lowest BCUT2D eigenvalue weighted by Crippen LogP contribution is -2.11. The molecule has 0 spiro atoms. The number of carbonyl (C=O) groups excluding carboxylic acids is 2. The topological polar surface area (TPSA) is 43.4 Å². The van der Waals surface area contributed by atoms with Crippen LogP contribution >= 0.6 is 0 Å². The van der Waals surface area contributed by atoms with Crippen molar-refractivity contribution in [1.82, 2.24) is 0 Å². The van der Waals surface area contributed by atoms with Gasteiger partial charge in [-0.3, -0.25) is 9.59 Å². The van der Waals surface area contributed by atoms with Gasteiger partial charge in [-0.25, -0.2) is 0 Å². The summed E-state index contributed by atoms with van der Waals surface area (Å²) in [5.74, 6) is -0.253. The van der Waals surface area contributed by atoms with Gasteiger partial charge < -0.3 is 4.74 Å². The Bertz CT molecular complexity index is 585. The second-order valence-electron chi connectivity index (χ2n) is 4.66. The van der Waals surface area contributed by atoms with Crippen LogP contribution in [0.2, 0.25) is 0 Å². The van der Waals surface area contributed by atoms with Gasteiger partial charge in [-0.05, 0) is 36.6 Å². The fraction of sp³-hybridized carbons (Fsp3) is 0.176. The Balaban J connectivity index is 1.96. The molecule has 2 rings (SSSR count). The molecule has 0 amide bonds. The van der Waals surface area contributed by atoms with Crippen molar-refractivity contribution in [3.05, 3.63) is 65.7 Å². The Morgan fingerprint density at radius 2 is 1.50 bits per heavy atom. The summed E-state index contributed by atoms with van der Waals surface area (Å²) in [6.45, 7) is 1.37. The standard InChI is InChI=1S/C17H16O3/c1-13(18)11-17(19)20-16-9-7-15(8-10-16)12-14-5-3-2-4-6-14/h2-10H,11-12H2,1H3. The molecular weight excluding hydrogens is 252 g/mol. The predicted molar refractivity (Wildman–Crippen MR) is 76.6 cm³/mol. The molecular formula is C17H16O3. The fourth-order valence-corrected chi connectivity index (χ4v) is 1.88. The first kappa shape index (κ1) is 14.0. The summed E-state index contributed by atoms with van der Waals surface area (Å²) >= 11 is 0. The summed E-state index contributed by atoms with van der Waals surface area (Å²) in [7, 11) is 0. The average molecular weight is 268 g/mol. The second-order valence-corrected chi connectivity index (χ2v) is 4.66. The van der Waals surface area contributed by atoms with Gasteiger partial charge in [-0.1, -0.05) is 42.5 Å². The normalized spacial score (nSPS) is 10.1. The lowest BCUT2D eigenvalue weighted by Gasteiger charge is -2.05. The highest BCUT2D eigenvalue weighted by molar-refractivity contribution is 5.94. The van der Waals surface area contributed by atoms with Gasteiger partial charge in [0.15, 0.2) is 0 Å². The summed E-state index contributed by atoms with van der Waals surface area (Å²) in [4.78, 5) is 22.2. The van der Waals surface area contributed by atoms with E-state index in [0.29, 0.717) is 5.75 Å². The largest absolute Gasteiger partial charge is 0.426 e. The van der Waals surface area contributed by atoms with Crippen LogP contribution in [-0.4, -0.2) is 11.8 Å². The predicted octanol–water partition coefficient (Wildman–Crippen LogP) is 3.16. The van der Waals surface area contributed by atoms with E-state index >= 15 is 0 Å². The second kappa shape index (κ2) is 6.66. The van der Waals surface area contributed by atoms with Crippen molar-refractivity contribution in [2.75, 3.05) is 0 Å². The molecule has 0 N–H and O–H groups in total. The Hall–Kier alpha value is -2.42. The van der Waals surface area contributed by atoms with Gasteiger partial charge >= 0.3 is 5.97 Å². The van der Waals surface area contributed by atoms with E-state index in [4.69, 9.17) is 4.74 Å². The van der Waals surface area contributed by atoms with Gasteiger partial charge in [0.1, 0.15) is 18.0 Å². The van der Waals surface area contributed by atoms with E-state index in [1.807, 2.05) is 30.3 Å². The SMILES string of the molecule is CC(=O)CC(=O)Oc1ccc(Cc2ccccc2)cc1. The molecule has 102 valence electrons. The minimum absolute atomic E-state index is 0.189. The molecule has 0 aromatic heterocycles. The van der Waals surface area contributed by atoms with Crippen molar-refractivity contribution in [1.29, 1.82) is 0 Å². The van der Waals surface area contributed by atoms with E-state index in [-0.39, 0.29) is 12.2 Å². The van der Waals surface area contributed by atoms with Gasteiger partial charge in [-0.15, -0.1) is 0 Å². The highest BCUT2D eigenvalue weighted by Gasteiger charge is 2.07. The van der Waals surface area contributed by atoms with Crippen LogP contribution in [0.3, 0.4) is 0 Å². The molecule has 0 saturated carbocycles. The third-order valence-electron chi connectivity index (χ3n) is 2.80. The highest BCUT2D eigenvalue weighted by Crippen LogP contribution is 2.15. The summed E-state index contributed by atoms with van der Waals surface area (Å²) in [6, 6.07) is 17.5. The van der Waals surface area contributed by atoms with Crippen LogP contribution in [0.1, 0.15) is 24.5 Å². The van der Waals surface area contributed by atoms with E-state index in [2.05, 4.69) is 12.1 Å². The van der Waals surface area contributed by atoms with Gasteiger partial charge in [0.25, 0.3) is 0 Å². The number of ether oxygens (including phenoxy) is 1. The Kier molecular flexibility index (Phi) is 4.66. The molecule has 0 aliphatic carbocycles. The van der Waals surface area contributed by atoms with Crippen molar-refractivity contribution >= 4 is 11.8 Å². The van der Waals surface area contributed by atoms with Gasteiger partial charge in [0.2, 0.25) is 0 Å². The molecule has 0 unspecified atom stereocenters. The molecule has 20 heavy (non-hydrogen) atoms. The van der Waals surface area contributed by atoms with Crippen molar-refractivity contribution < 1.29 is 14.3 Å². The van der Waals surface area contributed by atoms with Crippen molar-refractivity contribution in [3.63, 3.8) is 0 Å². The maximum Gasteiger partial charge on any atom is 0.318 e.